The number of alkyl halides is 2. The van der Waals surface area contributed by atoms with Crippen molar-refractivity contribution in [3.05, 3.63) is 29.1 Å². The normalized spacial score (nSPS) is 10.2. The van der Waals surface area contributed by atoms with Gasteiger partial charge in [-0.2, -0.15) is 5.26 Å². The lowest BCUT2D eigenvalue weighted by Crippen LogP contribution is -2.00. The average Bonchev–Trinajstić information content (AvgIpc) is 2.09. The van der Waals surface area contributed by atoms with E-state index in [1.807, 2.05) is 0 Å². The van der Waals surface area contributed by atoms with Gasteiger partial charge in [0.25, 0.3) is 6.43 Å². The van der Waals surface area contributed by atoms with E-state index in [1.165, 1.54) is 6.07 Å². The van der Waals surface area contributed by atoms with Crippen molar-refractivity contribution < 1.29 is 17.6 Å². The van der Waals surface area contributed by atoms with Crippen molar-refractivity contribution >= 4 is 0 Å². The van der Waals surface area contributed by atoms with Crippen molar-refractivity contribution in [3.8, 4) is 6.07 Å². The van der Waals surface area contributed by atoms with Gasteiger partial charge in [0.05, 0.1) is 0 Å². The summed E-state index contributed by atoms with van der Waals surface area (Å²) < 4.78 is 48.9. The Balaban J connectivity index is 3.32. The van der Waals surface area contributed by atoms with Crippen LogP contribution in [0.4, 0.5) is 17.6 Å². The van der Waals surface area contributed by atoms with Gasteiger partial charge in [-0.3, -0.25) is 0 Å². The van der Waals surface area contributed by atoms with Gasteiger partial charge >= 0.3 is 0 Å². The maximum atomic E-state index is 12.5. The van der Waals surface area contributed by atoms with Crippen molar-refractivity contribution in [2.45, 2.75) is 6.43 Å². The highest BCUT2D eigenvalue weighted by molar-refractivity contribution is 5.25. The zero-order valence-electron chi connectivity index (χ0n) is 6.06. The summed E-state index contributed by atoms with van der Waals surface area (Å²) in [5.41, 5.74) is -1.91. The summed E-state index contributed by atoms with van der Waals surface area (Å²) in [7, 11) is 0. The van der Waals surface area contributed by atoms with Crippen LogP contribution in [0.25, 0.3) is 0 Å². The molecule has 0 aliphatic rings. The van der Waals surface area contributed by atoms with Crippen LogP contribution in [0, 0.1) is 23.0 Å². The summed E-state index contributed by atoms with van der Waals surface area (Å²) >= 11 is 0. The fourth-order valence-electron chi connectivity index (χ4n) is 0.703. The van der Waals surface area contributed by atoms with E-state index in [9.17, 15) is 17.6 Å². The van der Waals surface area contributed by atoms with Gasteiger partial charge in [-0.05, 0) is 0 Å². The smallest absolute Gasteiger partial charge is 0.233 e. The molecule has 0 saturated heterocycles. The third-order valence-electron chi connectivity index (χ3n) is 1.26. The molecule has 68 valence electrons. The fourth-order valence-corrected chi connectivity index (χ4v) is 0.703. The Morgan fingerprint density at radius 2 is 2.00 bits per heavy atom. The minimum atomic E-state index is -3.03. The van der Waals surface area contributed by atoms with Crippen LogP contribution in [0.15, 0.2) is 6.07 Å². The first-order valence-electron chi connectivity index (χ1n) is 3.10. The molecule has 0 aliphatic heterocycles. The number of aromatic nitrogens is 1. The third kappa shape index (κ3) is 1.75. The van der Waals surface area contributed by atoms with Crippen molar-refractivity contribution in [2.24, 2.45) is 0 Å². The number of hydrogen-bond acceptors (Lipinski definition) is 2. The number of halogens is 4. The number of rotatable bonds is 1. The highest BCUT2D eigenvalue weighted by atomic mass is 19.3. The topological polar surface area (TPSA) is 36.7 Å². The summed E-state index contributed by atoms with van der Waals surface area (Å²) in [6.45, 7) is 0. The van der Waals surface area contributed by atoms with Crippen LogP contribution in [0.3, 0.4) is 0 Å². The molecule has 0 fully saturated rings. The van der Waals surface area contributed by atoms with E-state index in [0.29, 0.717) is 0 Å². The third-order valence-corrected chi connectivity index (χ3v) is 1.26. The van der Waals surface area contributed by atoms with Gasteiger partial charge in [0.15, 0.2) is 17.3 Å². The monoisotopic (exact) mass is 190 g/mol. The number of hydrogen-bond donors (Lipinski definition) is 0. The molecule has 0 aliphatic carbocycles. The second kappa shape index (κ2) is 3.39. The molecule has 6 heteroatoms. The first kappa shape index (κ1) is 9.45. The molecule has 0 amide bonds. The fraction of sp³-hybridized carbons (Fsp3) is 0.143. The van der Waals surface area contributed by atoms with Gasteiger partial charge in [-0.25, -0.2) is 22.5 Å². The molecule has 0 N–H and O–H groups in total. The molecule has 1 aromatic heterocycles. The first-order chi connectivity index (χ1) is 6.06. The Morgan fingerprint density at radius 3 is 2.46 bits per heavy atom. The number of nitrogens with zero attached hydrogens (tertiary/aromatic N) is 2. The Labute approximate surface area is 70.4 Å². The lowest BCUT2D eigenvalue weighted by Gasteiger charge is -2.00. The van der Waals surface area contributed by atoms with Crippen molar-refractivity contribution in [1.82, 2.24) is 4.98 Å². The van der Waals surface area contributed by atoms with Crippen LogP contribution in [0.5, 0.6) is 0 Å². The second-order valence-corrected chi connectivity index (χ2v) is 2.10. The summed E-state index contributed by atoms with van der Waals surface area (Å²) in [6.07, 6.45) is -3.03. The lowest BCUT2D eigenvalue weighted by molar-refractivity contribution is 0.145. The summed E-state index contributed by atoms with van der Waals surface area (Å²) in [5, 5.41) is 8.19. The Bertz CT molecular complexity index is 369. The largest absolute Gasteiger partial charge is 0.280 e. The molecule has 1 heterocycles. The van der Waals surface area contributed by atoms with E-state index < -0.39 is 29.4 Å². The molecule has 1 aromatic rings. The highest BCUT2D eigenvalue weighted by Crippen LogP contribution is 2.19. The van der Waals surface area contributed by atoms with E-state index in [-0.39, 0.29) is 6.07 Å². The predicted octanol–water partition coefficient (Wildman–Crippen LogP) is 2.17. The molecule has 0 aromatic carbocycles. The molecule has 2 nitrogen and oxygen atoms in total. The summed E-state index contributed by atoms with van der Waals surface area (Å²) in [5.74, 6) is -3.01. The molecule has 0 unspecified atom stereocenters. The quantitative estimate of drug-likeness (QED) is 0.636. The predicted molar refractivity (Wildman–Crippen MR) is 33.8 cm³/mol. The zero-order chi connectivity index (χ0) is 10.0. The average molecular weight is 190 g/mol. The van der Waals surface area contributed by atoms with Gasteiger partial charge in [-0.1, -0.05) is 0 Å². The molecule has 13 heavy (non-hydrogen) atoms. The lowest BCUT2D eigenvalue weighted by atomic mass is 10.3. The van der Waals surface area contributed by atoms with E-state index in [1.54, 1.807) is 0 Å². The Kier molecular flexibility index (Phi) is 2.46. The van der Waals surface area contributed by atoms with E-state index >= 15 is 0 Å². The Hall–Kier alpha value is -1.64. The maximum Gasteiger partial charge on any atom is 0.280 e. The molecular weight excluding hydrogens is 188 g/mol. The molecular formula is C7H2F4N2. The maximum absolute atomic E-state index is 12.5. The molecule has 1 rings (SSSR count). The molecule has 0 bridgehead atoms. The van der Waals surface area contributed by atoms with E-state index in [4.69, 9.17) is 5.26 Å². The van der Waals surface area contributed by atoms with Crippen molar-refractivity contribution in [3.63, 3.8) is 0 Å². The second-order valence-electron chi connectivity index (χ2n) is 2.10. The van der Waals surface area contributed by atoms with Crippen LogP contribution in [-0.4, -0.2) is 4.98 Å². The molecule has 0 saturated carbocycles. The standard InChI is InChI=1S/C7H2F4N2/c8-3-1-4(7(10)11)13-5(2-12)6(3)9/h1,7H. The molecule has 0 atom stereocenters. The minimum absolute atomic E-state index is 0.265. The minimum Gasteiger partial charge on any atom is -0.233 e. The summed E-state index contributed by atoms with van der Waals surface area (Å²) in [4.78, 5) is 2.92. The van der Waals surface area contributed by atoms with Gasteiger partial charge < -0.3 is 0 Å². The van der Waals surface area contributed by atoms with Gasteiger partial charge in [0.1, 0.15) is 11.8 Å². The molecule has 0 spiro atoms. The zero-order valence-corrected chi connectivity index (χ0v) is 6.06. The van der Waals surface area contributed by atoms with Crippen LogP contribution in [0.1, 0.15) is 17.8 Å². The highest BCUT2D eigenvalue weighted by Gasteiger charge is 2.17. The first-order valence-corrected chi connectivity index (χ1v) is 3.10. The van der Waals surface area contributed by atoms with Gasteiger partial charge in [0.2, 0.25) is 0 Å². The summed E-state index contributed by atoms with van der Waals surface area (Å²) in [6, 6.07) is 1.44. The Morgan fingerprint density at radius 1 is 1.38 bits per heavy atom. The van der Waals surface area contributed by atoms with E-state index in [2.05, 4.69) is 4.98 Å². The van der Waals surface area contributed by atoms with Gasteiger partial charge in [-0.15, -0.1) is 0 Å². The van der Waals surface area contributed by atoms with Crippen LogP contribution >= 0.6 is 0 Å². The van der Waals surface area contributed by atoms with Gasteiger partial charge in [0, 0.05) is 6.07 Å². The number of nitriles is 1. The van der Waals surface area contributed by atoms with Crippen molar-refractivity contribution in [1.29, 1.82) is 5.26 Å². The van der Waals surface area contributed by atoms with Crippen LogP contribution in [-0.2, 0) is 0 Å². The van der Waals surface area contributed by atoms with Crippen LogP contribution < -0.4 is 0 Å². The van der Waals surface area contributed by atoms with Crippen LogP contribution in [0.2, 0.25) is 0 Å². The van der Waals surface area contributed by atoms with Crippen molar-refractivity contribution in [2.75, 3.05) is 0 Å². The van der Waals surface area contributed by atoms with E-state index in [0.717, 1.165) is 0 Å². The molecule has 0 radical (unpaired) electrons. The SMILES string of the molecule is N#Cc1nc(C(F)F)cc(F)c1F. The number of pyridine rings is 1.